The number of carbonyl (C=O) groups is 2. The minimum Gasteiger partial charge on any atom is -0.481 e. The second kappa shape index (κ2) is 7.32. The molecule has 3 nitrogen and oxygen atoms in total. The largest absolute Gasteiger partial charge is 0.481 e. The van der Waals surface area contributed by atoms with Gasteiger partial charge in [0.15, 0.2) is 0 Å². The molecule has 4 fully saturated rings. The third-order valence-electron chi connectivity index (χ3n) is 12.0. The summed E-state index contributed by atoms with van der Waals surface area (Å²) in [4.78, 5) is 24.6. The number of carbonyl (C=O) groups excluding carboxylic acids is 1. The first-order valence-corrected chi connectivity index (χ1v) is 13.1. The third kappa shape index (κ3) is 2.89. The van der Waals surface area contributed by atoms with E-state index in [9.17, 15) is 14.7 Å². The minimum atomic E-state index is -0.517. The highest BCUT2D eigenvalue weighted by Crippen LogP contribution is 2.75. The molecule has 0 spiro atoms. The van der Waals surface area contributed by atoms with Gasteiger partial charge in [0.25, 0.3) is 0 Å². The molecule has 0 bridgehead atoms. The number of carboxylic acids is 1. The number of aldehydes is 1. The number of aliphatic carboxylic acids is 1. The van der Waals surface area contributed by atoms with Crippen LogP contribution in [0.4, 0.5) is 0 Å². The van der Waals surface area contributed by atoms with E-state index in [1.807, 2.05) is 0 Å². The summed E-state index contributed by atoms with van der Waals surface area (Å²) in [6.45, 7) is 14.3. The lowest BCUT2D eigenvalue weighted by Gasteiger charge is -2.71. The van der Waals surface area contributed by atoms with Crippen LogP contribution in [-0.4, -0.2) is 17.4 Å². The van der Waals surface area contributed by atoms with Crippen molar-refractivity contribution in [2.45, 2.75) is 112 Å². The number of carboxylic acid groups (broad SMARTS) is 1. The lowest BCUT2D eigenvalue weighted by Crippen LogP contribution is -2.65. The van der Waals surface area contributed by atoms with Gasteiger partial charge in [-0.2, -0.15) is 0 Å². The van der Waals surface area contributed by atoms with Gasteiger partial charge in [-0.15, -0.1) is 0 Å². The molecule has 176 valence electrons. The fourth-order valence-corrected chi connectivity index (χ4v) is 10.5. The van der Waals surface area contributed by atoms with Crippen molar-refractivity contribution in [3.05, 3.63) is 0 Å². The van der Waals surface area contributed by atoms with E-state index < -0.39 is 11.4 Å². The predicted octanol–water partition coefficient (Wildman–Crippen LogP) is 7.13. The summed E-state index contributed by atoms with van der Waals surface area (Å²) in [5.41, 5.74) is -0.0921. The van der Waals surface area contributed by atoms with Gasteiger partial charge in [-0.3, -0.25) is 4.79 Å². The summed E-state index contributed by atoms with van der Waals surface area (Å²) in [5.74, 6) is 1.45. The molecule has 31 heavy (non-hydrogen) atoms. The molecule has 1 N–H and O–H groups in total. The van der Waals surface area contributed by atoms with Gasteiger partial charge in [-0.05, 0) is 97.7 Å². The summed E-state index contributed by atoms with van der Waals surface area (Å²) in [5, 5.41) is 10.2. The fourth-order valence-electron chi connectivity index (χ4n) is 10.5. The Balaban J connectivity index is 1.75. The zero-order valence-electron chi connectivity index (χ0n) is 20.9. The zero-order valence-corrected chi connectivity index (χ0v) is 20.9. The van der Waals surface area contributed by atoms with Gasteiger partial charge in [0, 0.05) is 5.41 Å². The van der Waals surface area contributed by atoms with Crippen molar-refractivity contribution in [1.29, 1.82) is 0 Å². The van der Waals surface area contributed by atoms with Crippen molar-refractivity contribution in [1.82, 2.24) is 0 Å². The molecule has 4 rings (SSSR count). The number of fused-ring (bicyclic) bond motifs is 5. The Morgan fingerprint density at radius 1 is 0.968 bits per heavy atom. The van der Waals surface area contributed by atoms with E-state index in [0.717, 1.165) is 38.5 Å². The van der Waals surface area contributed by atoms with Gasteiger partial charge in [-0.25, -0.2) is 0 Å². The molecule has 0 aromatic carbocycles. The Morgan fingerprint density at radius 2 is 1.68 bits per heavy atom. The molecule has 8 atom stereocenters. The van der Waals surface area contributed by atoms with Gasteiger partial charge in [0.05, 0.1) is 5.41 Å². The number of rotatable bonds is 5. The first kappa shape index (κ1) is 23.3. The minimum absolute atomic E-state index is 0.178. The van der Waals surface area contributed by atoms with E-state index in [-0.39, 0.29) is 21.7 Å². The molecular formula is C28H46O3. The van der Waals surface area contributed by atoms with Crippen LogP contribution in [0.5, 0.6) is 0 Å². The Kier molecular flexibility index (Phi) is 5.50. The summed E-state index contributed by atoms with van der Waals surface area (Å²) >= 11 is 0. The van der Waals surface area contributed by atoms with E-state index in [0.29, 0.717) is 23.7 Å². The molecule has 3 heteroatoms. The van der Waals surface area contributed by atoms with Crippen molar-refractivity contribution >= 4 is 12.3 Å². The highest BCUT2D eigenvalue weighted by atomic mass is 16.4. The van der Waals surface area contributed by atoms with E-state index in [1.165, 1.54) is 38.4 Å². The average molecular weight is 431 g/mol. The topological polar surface area (TPSA) is 54.4 Å². The van der Waals surface area contributed by atoms with Crippen molar-refractivity contribution in [2.24, 2.45) is 50.7 Å². The Hall–Kier alpha value is -0.860. The molecular weight excluding hydrogens is 384 g/mol. The first-order chi connectivity index (χ1) is 14.4. The van der Waals surface area contributed by atoms with Gasteiger partial charge in [0.1, 0.15) is 6.29 Å². The number of hydrogen-bond donors (Lipinski definition) is 1. The summed E-state index contributed by atoms with van der Waals surface area (Å²) in [7, 11) is 0. The van der Waals surface area contributed by atoms with Crippen LogP contribution >= 0.6 is 0 Å². The maximum absolute atomic E-state index is 12.4. The zero-order chi connectivity index (χ0) is 22.9. The Morgan fingerprint density at radius 3 is 2.29 bits per heavy atom. The van der Waals surface area contributed by atoms with Gasteiger partial charge < -0.3 is 9.90 Å². The van der Waals surface area contributed by atoms with Crippen LogP contribution < -0.4 is 0 Å². The van der Waals surface area contributed by atoms with Crippen molar-refractivity contribution in [2.75, 3.05) is 0 Å². The second-order valence-corrected chi connectivity index (χ2v) is 13.3. The second-order valence-electron chi connectivity index (χ2n) is 13.3. The molecule has 0 aromatic heterocycles. The Labute approximate surface area is 190 Å². The molecule has 0 radical (unpaired) electrons. The molecule has 0 saturated heterocycles. The maximum Gasteiger partial charge on any atom is 0.309 e. The van der Waals surface area contributed by atoms with Crippen LogP contribution in [0, 0.1) is 50.7 Å². The van der Waals surface area contributed by atoms with E-state index in [1.54, 1.807) is 0 Å². The van der Waals surface area contributed by atoms with Crippen LogP contribution in [0.15, 0.2) is 0 Å². The SMILES string of the molecule is CCCC1(C)C(C(C)(C)C=O)CCC2(C)C1CCC1C3CCCC3(C(=O)O)CC[C@]12C. The molecule has 4 aliphatic carbocycles. The molecule has 0 aromatic rings. The van der Waals surface area contributed by atoms with E-state index in [2.05, 4.69) is 41.5 Å². The van der Waals surface area contributed by atoms with Crippen LogP contribution in [0.1, 0.15) is 112 Å². The predicted molar refractivity (Wildman–Crippen MR) is 125 cm³/mol. The van der Waals surface area contributed by atoms with Crippen LogP contribution in [0.25, 0.3) is 0 Å². The number of hydrogen-bond acceptors (Lipinski definition) is 2. The highest BCUT2D eigenvalue weighted by molar-refractivity contribution is 5.76. The lowest BCUT2D eigenvalue weighted by atomic mass is 9.33. The summed E-state index contributed by atoms with van der Waals surface area (Å²) < 4.78 is 0. The van der Waals surface area contributed by atoms with Crippen LogP contribution in [0.3, 0.4) is 0 Å². The van der Waals surface area contributed by atoms with Crippen LogP contribution in [-0.2, 0) is 9.59 Å². The molecule has 7 unspecified atom stereocenters. The molecule has 0 heterocycles. The van der Waals surface area contributed by atoms with Crippen molar-refractivity contribution < 1.29 is 14.7 Å². The third-order valence-corrected chi connectivity index (χ3v) is 12.0. The molecule has 0 aliphatic heterocycles. The average Bonchev–Trinajstić information content (AvgIpc) is 3.14. The van der Waals surface area contributed by atoms with Crippen LogP contribution in [0.2, 0.25) is 0 Å². The normalized spacial score (nSPS) is 49.6. The lowest BCUT2D eigenvalue weighted by molar-refractivity contribution is -0.227. The van der Waals surface area contributed by atoms with Gasteiger partial charge >= 0.3 is 5.97 Å². The quantitative estimate of drug-likeness (QED) is 0.472. The standard InChI is InChI=1S/C28H46O3/c1-7-13-25(4)21(24(2,3)18-29)12-15-27(6)22(25)11-10-19-20-9-8-14-28(20,23(30)31)17-16-26(19,27)5/h18-22H,7-17H2,1-6H3,(H,30,31)/t19?,20?,21?,22?,25?,26-,27?,28?/m1/s1. The summed E-state index contributed by atoms with van der Waals surface area (Å²) in [6, 6.07) is 0. The maximum atomic E-state index is 12.4. The smallest absolute Gasteiger partial charge is 0.309 e. The van der Waals surface area contributed by atoms with E-state index in [4.69, 9.17) is 0 Å². The van der Waals surface area contributed by atoms with Crippen molar-refractivity contribution in [3.8, 4) is 0 Å². The van der Waals surface area contributed by atoms with Gasteiger partial charge in [0.2, 0.25) is 0 Å². The van der Waals surface area contributed by atoms with Gasteiger partial charge in [-0.1, -0.05) is 54.4 Å². The Bertz CT molecular complexity index is 743. The molecule has 4 saturated carbocycles. The van der Waals surface area contributed by atoms with E-state index >= 15 is 0 Å². The molecule has 4 aliphatic rings. The molecule has 0 amide bonds. The fraction of sp³-hybridized carbons (Fsp3) is 0.929. The van der Waals surface area contributed by atoms with Crippen molar-refractivity contribution in [3.63, 3.8) is 0 Å². The first-order valence-electron chi connectivity index (χ1n) is 13.1. The summed E-state index contributed by atoms with van der Waals surface area (Å²) in [6.07, 6.45) is 13.3. The monoisotopic (exact) mass is 430 g/mol. The highest BCUT2D eigenvalue weighted by Gasteiger charge is 2.69.